The molecule has 0 bridgehead atoms. The molecule has 10 heteroatoms. The van der Waals surface area contributed by atoms with Gasteiger partial charge in [0.05, 0.1) is 6.61 Å². The molecule has 1 amide bonds. The Labute approximate surface area is 245 Å². The maximum Gasteiger partial charge on any atom is 0.303 e. The molecule has 0 N–H and O–H groups in total. The molecule has 2 heterocycles. The summed E-state index contributed by atoms with van der Waals surface area (Å²) in [5.74, 6) is 4.23. The minimum Gasteiger partial charge on any atom is -0.463 e. The van der Waals surface area contributed by atoms with E-state index in [1.54, 1.807) is 11.0 Å². The summed E-state index contributed by atoms with van der Waals surface area (Å²) in [6.07, 6.45) is -3.49. The van der Waals surface area contributed by atoms with Crippen LogP contribution in [-0.2, 0) is 38.1 Å². The lowest BCUT2D eigenvalue weighted by Crippen LogP contribution is -2.53. The number of amides is 1. The molecule has 2 fully saturated rings. The van der Waals surface area contributed by atoms with Gasteiger partial charge in [-0.15, -0.1) is 0 Å². The average Bonchev–Trinajstić information content (AvgIpc) is 3.25. The van der Waals surface area contributed by atoms with E-state index < -0.39 is 54.1 Å². The second-order valence-corrected chi connectivity index (χ2v) is 10.6. The van der Waals surface area contributed by atoms with Crippen LogP contribution in [0, 0.1) is 11.8 Å². The van der Waals surface area contributed by atoms with E-state index in [4.69, 9.17) is 23.7 Å². The smallest absolute Gasteiger partial charge is 0.303 e. The maximum atomic E-state index is 14.0. The van der Waals surface area contributed by atoms with E-state index in [2.05, 4.69) is 11.8 Å². The number of hydrogen-bond acceptors (Lipinski definition) is 9. The van der Waals surface area contributed by atoms with Crippen LogP contribution in [-0.4, -0.2) is 78.1 Å². The number of hydrogen-bond donors (Lipinski definition) is 0. The van der Waals surface area contributed by atoms with Gasteiger partial charge in [0.2, 0.25) is 0 Å². The molecule has 0 aliphatic carbocycles. The summed E-state index contributed by atoms with van der Waals surface area (Å²) >= 11 is 0. The van der Waals surface area contributed by atoms with Gasteiger partial charge in [0.15, 0.2) is 6.10 Å². The lowest BCUT2D eigenvalue weighted by Gasteiger charge is -2.38. The molecular formula is C32H35NO9. The van der Waals surface area contributed by atoms with Gasteiger partial charge in [-0.2, -0.15) is 0 Å². The van der Waals surface area contributed by atoms with Crippen molar-refractivity contribution in [2.75, 3.05) is 13.2 Å². The van der Waals surface area contributed by atoms with Gasteiger partial charge in [-0.25, -0.2) is 0 Å². The van der Waals surface area contributed by atoms with Crippen LogP contribution in [0.2, 0.25) is 0 Å². The topological polar surface area (TPSA) is 118 Å². The second kappa shape index (κ2) is 13.2. The zero-order chi connectivity index (χ0) is 30.4. The van der Waals surface area contributed by atoms with Crippen LogP contribution in [0.4, 0.5) is 0 Å². The fourth-order valence-corrected chi connectivity index (χ4v) is 5.18. The van der Waals surface area contributed by atoms with E-state index in [0.29, 0.717) is 5.56 Å². The van der Waals surface area contributed by atoms with Gasteiger partial charge in [-0.05, 0) is 31.0 Å². The third-order valence-electron chi connectivity index (χ3n) is 6.95. The predicted molar refractivity (Wildman–Crippen MR) is 151 cm³/mol. The van der Waals surface area contributed by atoms with Crippen LogP contribution in [0.5, 0.6) is 0 Å². The highest BCUT2D eigenvalue weighted by Crippen LogP contribution is 2.33. The Hall–Kier alpha value is -4.20. The highest BCUT2D eigenvalue weighted by Gasteiger charge is 2.45. The van der Waals surface area contributed by atoms with Gasteiger partial charge in [0.25, 0.3) is 5.91 Å². The van der Waals surface area contributed by atoms with Gasteiger partial charge in [-0.1, -0.05) is 60.4 Å². The lowest BCUT2D eigenvalue weighted by atomic mass is 9.97. The number of rotatable bonds is 6. The Morgan fingerprint density at radius 3 is 2.24 bits per heavy atom. The van der Waals surface area contributed by atoms with Crippen molar-refractivity contribution < 1.29 is 42.9 Å². The van der Waals surface area contributed by atoms with Gasteiger partial charge in [0.1, 0.15) is 36.7 Å². The largest absolute Gasteiger partial charge is 0.463 e. The minimum atomic E-state index is -0.995. The van der Waals surface area contributed by atoms with Crippen molar-refractivity contribution in [3.63, 3.8) is 0 Å². The molecule has 2 saturated heterocycles. The summed E-state index contributed by atoms with van der Waals surface area (Å²) in [4.78, 5) is 50.8. The van der Waals surface area contributed by atoms with Crippen molar-refractivity contribution in [1.82, 2.24) is 4.90 Å². The second-order valence-electron chi connectivity index (χ2n) is 10.6. The highest BCUT2D eigenvalue weighted by molar-refractivity contribution is 6.01. The van der Waals surface area contributed by atoms with Crippen molar-refractivity contribution in [1.29, 1.82) is 0 Å². The van der Waals surface area contributed by atoms with Gasteiger partial charge in [-0.3, -0.25) is 24.1 Å². The first kappa shape index (κ1) is 30.8. The molecule has 2 aromatic carbocycles. The van der Waals surface area contributed by atoms with E-state index in [9.17, 15) is 19.2 Å². The molecule has 0 saturated carbocycles. The Balaban J connectivity index is 1.62. The molecular weight excluding hydrogens is 542 g/mol. The quantitative estimate of drug-likeness (QED) is 0.289. The Morgan fingerprint density at radius 1 is 0.905 bits per heavy atom. The number of esters is 3. The fraction of sp³-hybridized carbons (Fsp3) is 0.438. The average molecular weight is 578 g/mol. The zero-order valence-corrected chi connectivity index (χ0v) is 24.3. The minimum absolute atomic E-state index is 0.100. The van der Waals surface area contributed by atoms with Gasteiger partial charge >= 0.3 is 17.9 Å². The van der Waals surface area contributed by atoms with E-state index in [-0.39, 0.29) is 25.5 Å². The predicted octanol–water partition coefficient (Wildman–Crippen LogP) is 3.52. The summed E-state index contributed by atoms with van der Waals surface area (Å²) in [6, 6.07) is 16.4. The van der Waals surface area contributed by atoms with Crippen molar-refractivity contribution >= 4 is 23.8 Å². The number of carbonyl (C=O) groups excluding carboxylic acids is 4. The molecule has 0 radical (unpaired) electrons. The molecule has 2 aliphatic rings. The van der Waals surface area contributed by atoms with Gasteiger partial charge < -0.3 is 23.7 Å². The van der Waals surface area contributed by atoms with Crippen molar-refractivity contribution in [3.05, 3.63) is 60.2 Å². The summed E-state index contributed by atoms with van der Waals surface area (Å²) in [5, 5.41) is 0. The molecule has 2 aliphatic heterocycles. The molecule has 2 unspecified atom stereocenters. The van der Waals surface area contributed by atoms with E-state index in [1.807, 2.05) is 62.4 Å². The summed E-state index contributed by atoms with van der Waals surface area (Å²) in [7, 11) is 0. The standard InChI is InChI=1S/C32H35NO9/c1-20(34)38-19-29-30(41-22(3)36)28(40-21(2)35)17-25(42-29)16-15-24-18-39-32(4,5)33(24)31(37)27-14-10-9-13-26(27)23-11-7-6-8-12-23/h6-14,24-25,28-30H,17-19H2,1-5H3/t24?,25?,28-,29-,30-/m1/s1. The monoisotopic (exact) mass is 577 g/mol. The Morgan fingerprint density at radius 2 is 1.57 bits per heavy atom. The lowest BCUT2D eigenvalue weighted by molar-refractivity contribution is -0.208. The Bertz CT molecular complexity index is 1380. The number of benzene rings is 2. The Kier molecular flexibility index (Phi) is 9.66. The van der Waals surface area contributed by atoms with Crippen molar-refractivity contribution in [2.45, 2.75) is 77.2 Å². The maximum absolute atomic E-state index is 14.0. The molecule has 0 spiro atoms. The van der Waals surface area contributed by atoms with E-state index in [0.717, 1.165) is 11.1 Å². The molecule has 222 valence electrons. The van der Waals surface area contributed by atoms with Crippen molar-refractivity contribution in [3.8, 4) is 23.0 Å². The normalized spacial score (nSPS) is 24.6. The SMILES string of the molecule is CC(=O)OC[C@H]1OC(C#CC2COC(C)(C)N2C(=O)c2ccccc2-c2ccccc2)C[C@@H](OC(C)=O)[C@H]1OC(C)=O. The van der Waals surface area contributed by atoms with Crippen LogP contribution in [0.15, 0.2) is 54.6 Å². The van der Waals surface area contributed by atoms with Crippen LogP contribution >= 0.6 is 0 Å². The third-order valence-corrected chi connectivity index (χ3v) is 6.95. The van der Waals surface area contributed by atoms with Crippen LogP contribution in [0.1, 0.15) is 51.4 Å². The summed E-state index contributed by atoms with van der Waals surface area (Å²) in [5.41, 5.74) is 1.28. The van der Waals surface area contributed by atoms with E-state index >= 15 is 0 Å². The first-order valence-corrected chi connectivity index (χ1v) is 13.7. The third kappa shape index (κ3) is 7.35. The van der Waals surface area contributed by atoms with E-state index in [1.165, 1.54) is 20.8 Å². The molecule has 2 aromatic rings. The first-order chi connectivity index (χ1) is 20.0. The number of ether oxygens (including phenoxy) is 5. The first-order valence-electron chi connectivity index (χ1n) is 13.7. The highest BCUT2D eigenvalue weighted by atomic mass is 16.6. The summed E-state index contributed by atoms with van der Waals surface area (Å²) in [6.45, 7) is 7.28. The summed E-state index contributed by atoms with van der Waals surface area (Å²) < 4.78 is 28.0. The van der Waals surface area contributed by atoms with Crippen LogP contribution in [0.3, 0.4) is 0 Å². The molecule has 10 nitrogen and oxygen atoms in total. The van der Waals surface area contributed by atoms with Gasteiger partial charge in [0, 0.05) is 32.8 Å². The molecule has 5 atom stereocenters. The molecule has 42 heavy (non-hydrogen) atoms. The number of nitrogens with zero attached hydrogens (tertiary/aromatic N) is 1. The molecule has 4 rings (SSSR count). The number of carbonyl (C=O) groups is 4. The van der Waals surface area contributed by atoms with Crippen molar-refractivity contribution in [2.24, 2.45) is 0 Å². The van der Waals surface area contributed by atoms with Crippen LogP contribution < -0.4 is 0 Å². The van der Waals surface area contributed by atoms with Crippen LogP contribution in [0.25, 0.3) is 11.1 Å². The zero-order valence-electron chi connectivity index (χ0n) is 24.3. The fourth-order valence-electron chi connectivity index (χ4n) is 5.18. The molecule has 0 aromatic heterocycles.